The smallest absolute Gasteiger partial charge is 1.00 e. The van der Waals surface area contributed by atoms with Gasteiger partial charge in [0.2, 0.25) is 0 Å². The van der Waals surface area contributed by atoms with Crippen molar-refractivity contribution in [2.45, 2.75) is 0 Å². The number of rotatable bonds is 0. The normalized spacial score (nSPS) is 3.00. The van der Waals surface area contributed by atoms with Crippen molar-refractivity contribution in [2.24, 2.45) is 0 Å². The molecule has 0 N–H and O–H groups in total. The van der Waals surface area contributed by atoms with Crippen LogP contribution in [-0.2, 0) is 0 Å². The second-order valence-corrected chi connectivity index (χ2v) is 0.289. The van der Waals surface area contributed by atoms with Crippen molar-refractivity contribution in [1.29, 1.82) is 0 Å². The van der Waals surface area contributed by atoms with Crippen LogP contribution in [0.25, 0.3) is 0 Å². The zero-order valence-electron chi connectivity index (χ0n) is 4.31. The van der Waals surface area contributed by atoms with E-state index < -0.39 is 7.32 Å². The Labute approximate surface area is 60.9 Å². The van der Waals surface area contributed by atoms with Crippen molar-refractivity contribution in [3.05, 3.63) is 0 Å². The minimum atomic E-state index is -2.92. The van der Waals surface area contributed by atoms with Crippen LogP contribution in [-0.4, -0.2) is 7.32 Å². The fraction of sp³-hybridized carbons (Fsp3) is 0. The summed E-state index contributed by atoms with van der Waals surface area (Å²) in [4.78, 5) is 0. The fourth-order valence-corrected chi connectivity index (χ4v) is 0. The maximum absolute atomic E-state index is 8.42. The molecule has 0 aliphatic rings. The van der Waals surface area contributed by atoms with Crippen molar-refractivity contribution >= 4 is 7.32 Å². The van der Waals surface area contributed by atoms with Gasteiger partial charge in [-0.25, -0.2) is 0 Å². The van der Waals surface area contributed by atoms with E-state index >= 15 is 0 Å². The monoisotopic (exact) mass is 142 g/mol. The quantitative estimate of drug-likeness (QED) is 0.249. The molecule has 0 radical (unpaired) electrons. The average Bonchev–Trinajstić information content (AvgIpc) is 0.811. The first-order chi connectivity index (χ1) is 1.73. The van der Waals surface area contributed by atoms with E-state index in [4.69, 9.17) is 15.1 Å². The van der Waals surface area contributed by atoms with Gasteiger partial charge in [0.25, 0.3) is 0 Å². The molecule has 0 fully saturated rings. The summed E-state index contributed by atoms with van der Waals surface area (Å²) < 4.78 is 0. The van der Waals surface area contributed by atoms with Crippen molar-refractivity contribution in [3.63, 3.8) is 0 Å². The molecule has 0 unspecified atom stereocenters. The zero-order chi connectivity index (χ0) is 3.58. The maximum Gasteiger partial charge on any atom is 1.00 e. The van der Waals surface area contributed by atoms with Gasteiger partial charge in [0.05, 0.1) is 0 Å². The molecule has 0 aliphatic heterocycles. The summed E-state index contributed by atoms with van der Waals surface area (Å²) in [6.45, 7) is 0. The van der Waals surface area contributed by atoms with E-state index in [0.29, 0.717) is 0 Å². The Hall–Kier alpha value is 0.262. The molecule has 0 heterocycles. The van der Waals surface area contributed by atoms with E-state index in [-0.39, 0.29) is 37.7 Å². The molecule has 0 aliphatic carbocycles. The van der Waals surface area contributed by atoms with Crippen LogP contribution in [0.2, 0.25) is 0 Å². The molecular formula is BF4LiO3-6. The van der Waals surface area contributed by atoms with Crippen molar-refractivity contribution in [2.75, 3.05) is 0 Å². The van der Waals surface area contributed by atoms with Gasteiger partial charge in [-0.15, -0.1) is 0 Å². The van der Waals surface area contributed by atoms with E-state index in [0.717, 1.165) is 0 Å². The summed E-state index contributed by atoms with van der Waals surface area (Å²) in [6.07, 6.45) is 0. The molecule has 56 valence electrons. The van der Waals surface area contributed by atoms with Gasteiger partial charge < -0.3 is 33.9 Å². The second-order valence-electron chi connectivity index (χ2n) is 0.289. The van der Waals surface area contributed by atoms with Crippen molar-refractivity contribution in [3.8, 4) is 0 Å². The zero-order valence-corrected chi connectivity index (χ0v) is 4.31. The van der Waals surface area contributed by atoms with Crippen LogP contribution in [0, 0.1) is 0 Å². The molecular weight excluding hydrogens is 142 g/mol. The molecule has 9 heavy (non-hydrogen) atoms. The molecule has 9 heteroatoms. The van der Waals surface area contributed by atoms with Crippen LogP contribution in [0.4, 0.5) is 0 Å². The summed E-state index contributed by atoms with van der Waals surface area (Å²) in [6, 6.07) is 0. The first-order valence-corrected chi connectivity index (χ1v) is 0.707. The summed E-state index contributed by atoms with van der Waals surface area (Å²) >= 11 is 0. The van der Waals surface area contributed by atoms with Gasteiger partial charge in [-0.2, -0.15) is 0 Å². The van der Waals surface area contributed by atoms with Crippen LogP contribution in [0.1, 0.15) is 0 Å². The Balaban J connectivity index is -0.00000000450. The van der Waals surface area contributed by atoms with Gasteiger partial charge in [0.1, 0.15) is 0 Å². The first kappa shape index (κ1) is 59.4. The molecule has 0 bridgehead atoms. The van der Waals surface area contributed by atoms with Crippen LogP contribution >= 0.6 is 0 Å². The Kier molecular flexibility index (Phi) is 270. The average molecular weight is 142 g/mol. The Bertz CT molecular complexity index is 20.5. The summed E-state index contributed by atoms with van der Waals surface area (Å²) in [7, 11) is -2.92. The van der Waals surface area contributed by atoms with Crippen LogP contribution in [0.3, 0.4) is 0 Å². The van der Waals surface area contributed by atoms with E-state index in [2.05, 4.69) is 0 Å². The molecule has 0 aromatic carbocycles. The van der Waals surface area contributed by atoms with Gasteiger partial charge in [0.15, 0.2) is 0 Å². The third-order valence-corrected chi connectivity index (χ3v) is 0. The molecule has 0 aromatic heterocycles. The van der Waals surface area contributed by atoms with Gasteiger partial charge in [-0.05, 0) is 0 Å². The van der Waals surface area contributed by atoms with E-state index in [1.807, 2.05) is 0 Å². The molecule has 0 rings (SSSR count). The minimum Gasteiger partial charge on any atom is -1.00 e. The van der Waals surface area contributed by atoms with Gasteiger partial charge in [-0.1, -0.05) is 0 Å². The fourth-order valence-electron chi connectivity index (χ4n) is 0. The predicted octanol–water partition coefficient (Wildman–Crippen LogP) is -18.9. The maximum atomic E-state index is 8.42. The standard InChI is InChI=1S/BO3.4FH.Li/c2-1(3)4;;;;;/h;4*1H;/q-3;;;;;+1/p-4. The van der Waals surface area contributed by atoms with Gasteiger partial charge >= 0.3 is 18.9 Å². The van der Waals surface area contributed by atoms with Crippen molar-refractivity contribution in [1.82, 2.24) is 0 Å². The Morgan fingerprint density at radius 2 is 0.667 bits per heavy atom. The topological polar surface area (TPSA) is 69.2 Å². The Morgan fingerprint density at radius 3 is 0.667 bits per heavy atom. The van der Waals surface area contributed by atoms with Crippen LogP contribution < -0.4 is 52.8 Å². The molecule has 0 saturated heterocycles. The minimum absolute atomic E-state index is 0. The Morgan fingerprint density at radius 1 is 0.667 bits per heavy atom. The van der Waals surface area contributed by atoms with E-state index in [1.54, 1.807) is 0 Å². The molecule has 0 saturated carbocycles. The van der Waals surface area contributed by atoms with Crippen LogP contribution in [0.15, 0.2) is 0 Å². The molecule has 0 amide bonds. The third kappa shape index (κ3) is 4710. The SMILES string of the molecule is [F-].[F-].[F-].[F-].[Li+].[O-]B([O-])[O-]. The number of halogens is 4. The van der Waals surface area contributed by atoms with Gasteiger partial charge in [-0.3, -0.25) is 7.32 Å². The van der Waals surface area contributed by atoms with Gasteiger partial charge in [0, 0.05) is 0 Å². The summed E-state index contributed by atoms with van der Waals surface area (Å²) in [5.74, 6) is 0. The summed E-state index contributed by atoms with van der Waals surface area (Å²) in [5, 5.41) is 25.2. The molecule has 0 spiro atoms. The number of hydrogen-bond donors (Lipinski definition) is 0. The van der Waals surface area contributed by atoms with E-state index in [1.165, 1.54) is 0 Å². The predicted molar refractivity (Wildman–Crippen MR) is 5.75 cm³/mol. The summed E-state index contributed by atoms with van der Waals surface area (Å²) in [5.41, 5.74) is 0. The first-order valence-electron chi connectivity index (χ1n) is 0.707. The molecule has 0 aromatic rings. The molecule has 0 atom stereocenters. The van der Waals surface area contributed by atoms with Crippen molar-refractivity contribution < 1.29 is 52.8 Å². The van der Waals surface area contributed by atoms with Crippen LogP contribution in [0.5, 0.6) is 0 Å². The molecule has 3 nitrogen and oxygen atoms in total. The second kappa shape index (κ2) is 40.9. The third-order valence-electron chi connectivity index (χ3n) is 0. The number of hydrogen-bond acceptors (Lipinski definition) is 3. The van der Waals surface area contributed by atoms with E-state index in [9.17, 15) is 0 Å². The largest absolute Gasteiger partial charge is 1.00 e.